The van der Waals surface area contributed by atoms with E-state index >= 15 is 0 Å². The molecule has 7 heteroatoms. The van der Waals surface area contributed by atoms with E-state index in [9.17, 15) is 9.59 Å². The fourth-order valence-electron chi connectivity index (χ4n) is 3.03. The number of hydrogen-bond donors (Lipinski definition) is 2. The predicted octanol–water partition coefficient (Wildman–Crippen LogP) is 1.56. The Morgan fingerprint density at radius 1 is 1.28 bits per heavy atom. The summed E-state index contributed by atoms with van der Waals surface area (Å²) in [6.07, 6.45) is 0. The normalized spacial score (nSPS) is 16.0. The third-order valence-electron chi connectivity index (χ3n) is 4.09. The van der Waals surface area contributed by atoms with Crippen molar-refractivity contribution < 1.29 is 19.0 Å². The van der Waals surface area contributed by atoms with Crippen LogP contribution in [0, 0.1) is 6.92 Å². The monoisotopic (exact) mass is 342 g/mol. The highest BCUT2D eigenvalue weighted by Gasteiger charge is 2.38. The summed E-state index contributed by atoms with van der Waals surface area (Å²) in [6, 6.07) is 8.78. The van der Waals surface area contributed by atoms with E-state index in [-0.39, 0.29) is 22.6 Å². The highest BCUT2D eigenvalue weighted by molar-refractivity contribution is 5.92. The minimum absolute atomic E-state index is 0.0638. The summed E-state index contributed by atoms with van der Waals surface area (Å²) in [5.41, 5.74) is 7.22. The maximum absolute atomic E-state index is 12.6. The number of methoxy groups -OCH3 is 2. The van der Waals surface area contributed by atoms with Gasteiger partial charge in [0.15, 0.2) is 0 Å². The van der Waals surface area contributed by atoms with Crippen molar-refractivity contribution in [3.8, 4) is 11.5 Å². The number of hydrogen-bond acceptors (Lipinski definition) is 6. The molecule has 1 aromatic carbocycles. The van der Waals surface area contributed by atoms with Crippen LogP contribution in [-0.4, -0.2) is 25.2 Å². The van der Waals surface area contributed by atoms with Gasteiger partial charge in [-0.1, -0.05) is 18.2 Å². The molecule has 0 fully saturated rings. The lowest BCUT2D eigenvalue weighted by Crippen LogP contribution is -2.32. The Bertz CT molecular complexity index is 929. The van der Waals surface area contributed by atoms with Gasteiger partial charge in [0.05, 0.1) is 25.7 Å². The molecular weight excluding hydrogens is 324 g/mol. The molecule has 0 saturated heterocycles. The maximum atomic E-state index is 12.6. The van der Waals surface area contributed by atoms with Crippen LogP contribution in [-0.2, 0) is 9.53 Å². The molecule has 25 heavy (non-hydrogen) atoms. The maximum Gasteiger partial charge on any atom is 0.340 e. The molecule has 0 radical (unpaired) electrons. The van der Waals surface area contributed by atoms with Gasteiger partial charge in [-0.15, -0.1) is 0 Å². The van der Waals surface area contributed by atoms with Crippen molar-refractivity contribution in [1.29, 1.82) is 0 Å². The molecule has 0 amide bonds. The number of benzene rings is 1. The fraction of sp³-hybridized carbons (Fsp3) is 0.222. The number of aryl methyl sites for hydroxylation is 1. The van der Waals surface area contributed by atoms with Crippen LogP contribution in [0.2, 0.25) is 0 Å². The Labute approximate surface area is 144 Å². The van der Waals surface area contributed by atoms with E-state index in [0.717, 1.165) is 0 Å². The van der Waals surface area contributed by atoms with Crippen molar-refractivity contribution in [2.45, 2.75) is 12.8 Å². The van der Waals surface area contributed by atoms with Gasteiger partial charge in [0.25, 0.3) is 5.56 Å². The quantitative estimate of drug-likeness (QED) is 0.821. The van der Waals surface area contributed by atoms with Crippen LogP contribution in [0.25, 0.3) is 0 Å². The van der Waals surface area contributed by atoms with Crippen LogP contribution in [0.4, 0.5) is 0 Å². The number of pyridine rings is 1. The number of para-hydroxylation sites is 1. The van der Waals surface area contributed by atoms with Crippen LogP contribution in [0.15, 0.2) is 46.6 Å². The first-order valence-corrected chi connectivity index (χ1v) is 7.60. The average Bonchev–Trinajstić information content (AvgIpc) is 2.59. The van der Waals surface area contributed by atoms with E-state index in [2.05, 4.69) is 4.98 Å². The number of aromatic amines is 1. The third kappa shape index (κ3) is 2.73. The number of nitrogens with two attached hydrogens (primary N) is 1. The standard InChI is InChI=1S/C18H18N2O5/c1-9-8-12-14(17(21)20-9)13(10-6-4-5-7-11(10)23-2)15(16(19)25-12)18(22)24-3/h4-8,13H,19H2,1-3H3,(H,20,21)/t13-/m0/s1. The number of carbonyl (C=O) groups excluding carboxylic acids is 1. The molecule has 2 heterocycles. The molecule has 1 aromatic heterocycles. The number of fused-ring (bicyclic) bond motifs is 1. The average molecular weight is 342 g/mol. The first-order chi connectivity index (χ1) is 12.0. The third-order valence-corrected chi connectivity index (χ3v) is 4.09. The van der Waals surface area contributed by atoms with Gasteiger partial charge < -0.3 is 24.9 Å². The van der Waals surface area contributed by atoms with E-state index in [4.69, 9.17) is 19.9 Å². The number of carbonyl (C=O) groups is 1. The van der Waals surface area contributed by atoms with Gasteiger partial charge in [0.1, 0.15) is 17.1 Å². The molecule has 0 bridgehead atoms. The highest BCUT2D eigenvalue weighted by Crippen LogP contribution is 2.43. The molecule has 7 nitrogen and oxygen atoms in total. The van der Waals surface area contributed by atoms with Crippen LogP contribution in [0.1, 0.15) is 22.7 Å². The minimum Gasteiger partial charge on any atom is -0.496 e. The van der Waals surface area contributed by atoms with Crippen molar-refractivity contribution in [3.63, 3.8) is 0 Å². The molecule has 1 atom stereocenters. The Morgan fingerprint density at radius 3 is 2.68 bits per heavy atom. The van der Waals surface area contributed by atoms with E-state index in [1.54, 1.807) is 37.3 Å². The lowest BCUT2D eigenvalue weighted by atomic mass is 9.83. The highest BCUT2D eigenvalue weighted by atomic mass is 16.5. The Kier molecular flexibility index (Phi) is 4.22. The van der Waals surface area contributed by atoms with Crippen LogP contribution in [0.5, 0.6) is 11.5 Å². The van der Waals surface area contributed by atoms with Crippen molar-refractivity contribution in [2.24, 2.45) is 5.73 Å². The molecule has 0 unspecified atom stereocenters. The van der Waals surface area contributed by atoms with Gasteiger partial charge in [-0.2, -0.15) is 0 Å². The van der Waals surface area contributed by atoms with Gasteiger partial charge in [-0.25, -0.2) is 4.79 Å². The first kappa shape index (κ1) is 16.6. The number of H-pyrrole nitrogens is 1. The molecule has 1 aliphatic heterocycles. The molecule has 1 aliphatic rings. The number of aromatic nitrogens is 1. The summed E-state index contributed by atoms with van der Waals surface area (Å²) in [6.45, 7) is 1.73. The second kappa shape index (κ2) is 6.35. The zero-order valence-corrected chi connectivity index (χ0v) is 14.1. The summed E-state index contributed by atoms with van der Waals surface area (Å²) in [4.78, 5) is 27.7. The van der Waals surface area contributed by atoms with Crippen LogP contribution >= 0.6 is 0 Å². The SMILES string of the molecule is COC(=O)C1=C(N)Oc2cc(C)[nH]c(=O)c2[C@@H]1c1ccccc1OC. The van der Waals surface area contributed by atoms with E-state index in [1.807, 2.05) is 0 Å². The second-order valence-corrected chi connectivity index (χ2v) is 5.61. The summed E-state index contributed by atoms with van der Waals surface area (Å²) in [5.74, 6) is -0.701. The largest absolute Gasteiger partial charge is 0.496 e. The zero-order valence-electron chi connectivity index (χ0n) is 14.1. The molecule has 0 spiro atoms. The van der Waals surface area contributed by atoms with E-state index < -0.39 is 11.9 Å². The van der Waals surface area contributed by atoms with Crippen molar-refractivity contribution >= 4 is 5.97 Å². The fourth-order valence-corrected chi connectivity index (χ4v) is 3.03. The predicted molar refractivity (Wildman–Crippen MR) is 90.5 cm³/mol. The molecular formula is C18H18N2O5. The van der Waals surface area contributed by atoms with Gasteiger partial charge in [-0.05, 0) is 13.0 Å². The van der Waals surface area contributed by atoms with E-state index in [1.165, 1.54) is 14.2 Å². The van der Waals surface area contributed by atoms with Crippen molar-refractivity contribution in [2.75, 3.05) is 14.2 Å². The Hall–Kier alpha value is -3.22. The summed E-state index contributed by atoms with van der Waals surface area (Å²) < 4.78 is 15.8. The topological polar surface area (TPSA) is 104 Å². The Balaban J connectivity index is 2.35. The van der Waals surface area contributed by atoms with Crippen LogP contribution < -0.4 is 20.8 Å². The number of esters is 1. The van der Waals surface area contributed by atoms with Gasteiger partial charge >= 0.3 is 5.97 Å². The van der Waals surface area contributed by atoms with Gasteiger partial charge in [0, 0.05) is 17.3 Å². The molecule has 3 N–H and O–H groups in total. The number of nitrogens with one attached hydrogen (secondary N) is 1. The molecule has 0 saturated carbocycles. The second-order valence-electron chi connectivity index (χ2n) is 5.61. The smallest absolute Gasteiger partial charge is 0.340 e. The lowest BCUT2D eigenvalue weighted by molar-refractivity contribution is -0.136. The lowest BCUT2D eigenvalue weighted by Gasteiger charge is -2.28. The summed E-state index contributed by atoms with van der Waals surface area (Å²) >= 11 is 0. The number of ether oxygens (including phenoxy) is 3. The summed E-state index contributed by atoms with van der Waals surface area (Å²) in [7, 11) is 2.76. The van der Waals surface area contributed by atoms with Crippen molar-refractivity contribution in [1.82, 2.24) is 4.98 Å². The Morgan fingerprint density at radius 2 is 2.00 bits per heavy atom. The molecule has 0 aliphatic carbocycles. The van der Waals surface area contributed by atoms with Crippen molar-refractivity contribution in [3.05, 3.63) is 69.0 Å². The molecule has 3 rings (SSSR count). The number of rotatable bonds is 3. The summed E-state index contributed by atoms with van der Waals surface area (Å²) in [5, 5.41) is 0. The van der Waals surface area contributed by atoms with Gasteiger partial charge in [0.2, 0.25) is 5.88 Å². The zero-order chi connectivity index (χ0) is 18.1. The molecule has 2 aromatic rings. The van der Waals surface area contributed by atoms with Crippen LogP contribution in [0.3, 0.4) is 0 Å². The van der Waals surface area contributed by atoms with Gasteiger partial charge in [-0.3, -0.25) is 4.79 Å². The van der Waals surface area contributed by atoms with E-state index in [0.29, 0.717) is 22.8 Å². The first-order valence-electron chi connectivity index (χ1n) is 7.60. The minimum atomic E-state index is -0.767. The molecule has 130 valence electrons.